The SMILES string of the molecule is CCc1cc(I)cc(C(Nc2ccc(C(=N)N)cc2)C(=O)[O-])c1OCCOCc1ccccc1.Cl. The predicted octanol–water partition coefficient (Wildman–Crippen LogP) is 4.06. The Hall–Kier alpha value is -2.82. The Morgan fingerprint density at radius 3 is 2.40 bits per heavy atom. The van der Waals surface area contributed by atoms with Gasteiger partial charge in [-0.1, -0.05) is 37.3 Å². The van der Waals surface area contributed by atoms with E-state index in [2.05, 4.69) is 27.9 Å². The van der Waals surface area contributed by atoms with Crippen LogP contribution in [0.25, 0.3) is 0 Å². The van der Waals surface area contributed by atoms with Crippen molar-refractivity contribution in [3.63, 3.8) is 0 Å². The molecular weight excluding hydrogens is 581 g/mol. The van der Waals surface area contributed by atoms with Crippen molar-refractivity contribution < 1.29 is 19.4 Å². The Bertz CT molecular complexity index is 1130. The number of hydrogen-bond donors (Lipinski definition) is 3. The number of amidine groups is 1. The Morgan fingerprint density at radius 2 is 1.80 bits per heavy atom. The largest absolute Gasteiger partial charge is 0.548 e. The second-order valence-corrected chi connectivity index (χ2v) is 8.86. The first-order valence-corrected chi connectivity index (χ1v) is 12.0. The number of halogens is 2. The van der Waals surface area contributed by atoms with E-state index in [1.54, 1.807) is 30.3 Å². The fourth-order valence-corrected chi connectivity index (χ4v) is 4.18. The van der Waals surface area contributed by atoms with Crippen LogP contribution in [0.1, 0.15) is 35.2 Å². The van der Waals surface area contributed by atoms with E-state index in [1.165, 1.54) is 0 Å². The quantitative estimate of drug-likeness (QED) is 0.123. The van der Waals surface area contributed by atoms with Crippen LogP contribution in [-0.2, 0) is 22.6 Å². The Kier molecular flexibility index (Phi) is 11.3. The molecule has 0 aromatic heterocycles. The molecule has 4 N–H and O–H groups in total. The smallest absolute Gasteiger partial charge is 0.128 e. The number of nitrogen functional groups attached to an aromatic ring is 1. The number of rotatable bonds is 12. The average molecular weight is 609 g/mol. The van der Waals surface area contributed by atoms with Gasteiger partial charge in [0, 0.05) is 20.4 Å². The number of carbonyl (C=O) groups is 1. The molecule has 0 spiro atoms. The summed E-state index contributed by atoms with van der Waals surface area (Å²) in [6.07, 6.45) is 0.678. The number of carboxylic acids is 1. The maximum atomic E-state index is 12.2. The van der Waals surface area contributed by atoms with Crippen molar-refractivity contribution >= 4 is 52.5 Å². The van der Waals surface area contributed by atoms with Crippen molar-refractivity contribution in [2.24, 2.45) is 5.73 Å². The van der Waals surface area contributed by atoms with E-state index in [0.717, 1.165) is 14.7 Å². The zero-order valence-electron chi connectivity index (χ0n) is 19.3. The molecule has 3 aromatic rings. The van der Waals surface area contributed by atoms with Crippen LogP contribution >= 0.6 is 35.0 Å². The molecule has 0 aliphatic carbocycles. The second-order valence-electron chi connectivity index (χ2n) is 7.61. The number of benzene rings is 3. The zero-order chi connectivity index (χ0) is 24.5. The summed E-state index contributed by atoms with van der Waals surface area (Å²) in [7, 11) is 0. The lowest BCUT2D eigenvalue weighted by molar-refractivity contribution is -0.307. The standard InChI is InChI=1S/C26H28IN3O4.ClH/c1-2-18-14-20(27)15-22(24(18)34-13-12-33-16-17-6-4-3-5-7-17)23(26(31)32)30-21-10-8-19(9-11-21)25(28)29;/h3-11,14-15,23,30H,2,12-13,16H2,1H3,(H3,28,29)(H,31,32);1H/p-1. The first-order chi connectivity index (χ1) is 16.4. The number of anilines is 1. The lowest BCUT2D eigenvalue weighted by Crippen LogP contribution is -2.35. The number of aliphatic carboxylic acids is 1. The third-order valence-electron chi connectivity index (χ3n) is 5.18. The molecular formula is C26H28ClIN3O4-. The van der Waals surface area contributed by atoms with Crippen LogP contribution in [-0.4, -0.2) is 25.0 Å². The molecule has 0 bridgehead atoms. The summed E-state index contributed by atoms with van der Waals surface area (Å²) in [5.41, 5.74) is 9.09. The summed E-state index contributed by atoms with van der Waals surface area (Å²) < 4.78 is 12.7. The van der Waals surface area contributed by atoms with Gasteiger partial charge in [-0.25, -0.2) is 0 Å². The molecule has 1 unspecified atom stereocenters. The highest BCUT2D eigenvalue weighted by Gasteiger charge is 2.21. The van der Waals surface area contributed by atoms with Gasteiger partial charge in [-0.15, -0.1) is 12.4 Å². The molecule has 0 amide bonds. The molecule has 35 heavy (non-hydrogen) atoms. The van der Waals surface area contributed by atoms with Crippen molar-refractivity contribution in [1.29, 1.82) is 5.41 Å². The fourth-order valence-electron chi connectivity index (χ4n) is 3.47. The molecule has 0 aliphatic rings. The summed E-state index contributed by atoms with van der Waals surface area (Å²) in [4.78, 5) is 12.2. The van der Waals surface area contributed by atoms with E-state index in [9.17, 15) is 9.90 Å². The molecule has 0 heterocycles. The molecule has 0 saturated carbocycles. The van der Waals surface area contributed by atoms with Crippen LogP contribution in [0.2, 0.25) is 0 Å². The zero-order valence-corrected chi connectivity index (χ0v) is 22.2. The summed E-state index contributed by atoms with van der Waals surface area (Å²) in [5.74, 6) is -0.809. The van der Waals surface area contributed by atoms with E-state index >= 15 is 0 Å². The highest BCUT2D eigenvalue weighted by Crippen LogP contribution is 2.34. The van der Waals surface area contributed by atoms with Crippen molar-refractivity contribution in [3.05, 3.63) is 92.6 Å². The third kappa shape index (κ3) is 8.12. The summed E-state index contributed by atoms with van der Waals surface area (Å²) >= 11 is 2.17. The number of nitrogens with two attached hydrogens (primary N) is 1. The molecule has 0 saturated heterocycles. The van der Waals surface area contributed by atoms with Gasteiger partial charge in [0.05, 0.1) is 25.2 Å². The molecule has 0 fully saturated rings. The van der Waals surface area contributed by atoms with E-state index in [4.69, 9.17) is 20.6 Å². The molecule has 186 valence electrons. The minimum Gasteiger partial charge on any atom is -0.548 e. The normalized spacial score (nSPS) is 11.3. The summed E-state index contributed by atoms with van der Waals surface area (Å²) in [6, 6.07) is 19.2. The van der Waals surface area contributed by atoms with Crippen LogP contribution in [0.3, 0.4) is 0 Å². The molecule has 3 aromatic carbocycles. The van der Waals surface area contributed by atoms with Gasteiger partial charge in [0.2, 0.25) is 0 Å². The van der Waals surface area contributed by atoms with Gasteiger partial charge in [0.1, 0.15) is 18.2 Å². The fraction of sp³-hybridized carbons (Fsp3) is 0.231. The minimum absolute atomic E-state index is 0. The highest BCUT2D eigenvalue weighted by atomic mass is 127. The van der Waals surface area contributed by atoms with E-state index in [0.29, 0.717) is 42.2 Å². The first-order valence-electron chi connectivity index (χ1n) is 10.9. The molecule has 3 rings (SSSR count). The van der Waals surface area contributed by atoms with E-state index in [1.807, 2.05) is 43.3 Å². The maximum Gasteiger partial charge on any atom is 0.128 e. The Labute approximate surface area is 225 Å². The van der Waals surface area contributed by atoms with Crippen molar-refractivity contribution in [1.82, 2.24) is 0 Å². The molecule has 0 aliphatic heterocycles. The number of carbonyl (C=O) groups excluding carboxylic acids is 1. The van der Waals surface area contributed by atoms with Gasteiger partial charge in [-0.3, -0.25) is 5.41 Å². The summed E-state index contributed by atoms with van der Waals surface area (Å²) in [5, 5.41) is 22.7. The maximum absolute atomic E-state index is 12.2. The molecule has 9 heteroatoms. The van der Waals surface area contributed by atoms with Gasteiger partial charge in [0.15, 0.2) is 0 Å². The number of aryl methyl sites for hydroxylation is 1. The van der Waals surface area contributed by atoms with Gasteiger partial charge < -0.3 is 30.4 Å². The number of carboxylic acid groups (broad SMARTS) is 1. The lowest BCUT2D eigenvalue weighted by atomic mass is 10.00. The van der Waals surface area contributed by atoms with Crippen LogP contribution in [0.5, 0.6) is 5.75 Å². The van der Waals surface area contributed by atoms with Gasteiger partial charge in [-0.05, 0) is 76.5 Å². The van der Waals surface area contributed by atoms with Gasteiger partial charge >= 0.3 is 0 Å². The molecule has 0 radical (unpaired) electrons. The predicted molar refractivity (Wildman–Crippen MR) is 146 cm³/mol. The van der Waals surface area contributed by atoms with Crippen LogP contribution in [0, 0.1) is 8.98 Å². The average Bonchev–Trinajstić information content (AvgIpc) is 2.83. The minimum atomic E-state index is -1.27. The number of hydrogen-bond acceptors (Lipinski definition) is 6. The Morgan fingerprint density at radius 1 is 1.11 bits per heavy atom. The highest BCUT2D eigenvalue weighted by molar-refractivity contribution is 14.1. The van der Waals surface area contributed by atoms with Crippen LogP contribution in [0.15, 0.2) is 66.7 Å². The third-order valence-corrected chi connectivity index (χ3v) is 5.80. The topological polar surface area (TPSA) is 120 Å². The van der Waals surface area contributed by atoms with Crippen molar-refractivity contribution in [2.75, 3.05) is 18.5 Å². The van der Waals surface area contributed by atoms with Gasteiger partial charge in [0.25, 0.3) is 0 Å². The first kappa shape index (κ1) is 28.4. The second kappa shape index (κ2) is 13.9. The van der Waals surface area contributed by atoms with Gasteiger partial charge in [-0.2, -0.15) is 0 Å². The van der Waals surface area contributed by atoms with E-state index < -0.39 is 12.0 Å². The number of ether oxygens (including phenoxy) is 2. The molecule has 7 nitrogen and oxygen atoms in total. The van der Waals surface area contributed by atoms with E-state index in [-0.39, 0.29) is 24.8 Å². The Balaban J connectivity index is 0.00000432. The van der Waals surface area contributed by atoms with Crippen LogP contribution < -0.4 is 20.9 Å². The number of nitrogens with one attached hydrogen (secondary N) is 2. The van der Waals surface area contributed by atoms with Crippen molar-refractivity contribution in [2.45, 2.75) is 26.0 Å². The van der Waals surface area contributed by atoms with Crippen LogP contribution in [0.4, 0.5) is 5.69 Å². The lowest BCUT2D eigenvalue weighted by Gasteiger charge is -2.26. The van der Waals surface area contributed by atoms with Crippen molar-refractivity contribution in [3.8, 4) is 5.75 Å². The summed E-state index contributed by atoms with van der Waals surface area (Å²) in [6.45, 7) is 3.11. The molecule has 1 atom stereocenters. The monoisotopic (exact) mass is 608 g/mol.